The van der Waals surface area contributed by atoms with E-state index in [2.05, 4.69) is 62.4 Å². The lowest BCUT2D eigenvalue weighted by Gasteiger charge is -2.18. The summed E-state index contributed by atoms with van der Waals surface area (Å²) in [6.45, 7) is 12.7. The van der Waals surface area contributed by atoms with Gasteiger partial charge in [0.25, 0.3) is 0 Å². The first kappa shape index (κ1) is 21.7. The van der Waals surface area contributed by atoms with Crippen molar-refractivity contribution in [3.8, 4) is 0 Å². The van der Waals surface area contributed by atoms with Crippen molar-refractivity contribution >= 4 is 17.7 Å². The van der Waals surface area contributed by atoms with E-state index in [0.29, 0.717) is 0 Å². The van der Waals surface area contributed by atoms with E-state index in [4.69, 9.17) is 0 Å². The minimum absolute atomic E-state index is 0.898. The van der Waals surface area contributed by atoms with Crippen molar-refractivity contribution < 1.29 is 0 Å². The molecule has 1 heterocycles. The third-order valence-electron chi connectivity index (χ3n) is 4.83. The summed E-state index contributed by atoms with van der Waals surface area (Å²) in [5, 5.41) is 0. The minimum Gasteiger partial charge on any atom is -0.256 e. The molecule has 2 aliphatic carbocycles. The van der Waals surface area contributed by atoms with Crippen LogP contribution >= 0.6 is 0 Å². The zero-order valence-corrected chi connectivity index (χ0v) is 17.8. The number of rotatable bonds is 5. The van der Waals surface area contributed by atoms with E-state index in [-0.39, 0.29) is 0 Å². The highest BCUT2D eigenvalue weighted by Crippen LogP contribution is 2.34. The number of allylic oxidation sites excluding steroid dienone is 8. The van der Waals surface area contributed by atoms with Gasteiger partial charge in [-0.3, -0.25) is 4.98 Å². The summed E-state index contributed by atoms with van der Waals surface area (Å²) in [7, 11) is 0. The zero-order chi connectivity index (χ0) is 20.4. The van der Waals surface area contributed by atoms with Crippen LogP contribution < -0.4 is 0 Å². The lowest BCUT2D eigenvalue weighted by molar-refractivity contribution is 0.576. The second-order valence-corrected chi connectivity index (χ2v) is 7.54. The summed E-state index contributed by atoms with van der Waals surface area (Å²) in [6.07, 6.45) is 23.1. The average Bonchev–Trinajstić information content (AvgIpc) is 2.93. The second-order valence-electron chi connectivity index (χ2n) is 7.54. The van der Waals surface area contributed by atoms with Gasteiger partial charge in [0.2, 0.25) is 0 Å². The maximum Gasteiger partial charge on any atom is 0.0740 e. The van der Waals surface area contributed by atoms with Gasteiger partial charge in [0, 0.05) is 11.8 Å². The molecule has 1 heteroatoms. The molecule has 0 saturated heterocycles. The van der Waals surface area contributed by atoms with Crippen LogP contribution in [-0.2, 0) is 0 Å². The van der Waals surface area contributed by atoms with Crippen LogP contribution in [0.1, 0.15) is 70.2 Å². The highest BCUT2D eigenvalue weighted by molar-refractivity contribution is 5.79. The van der Waals surface area contributed by atoms with E-state index < -0.39 is 0 Å². The predicted molar refractivity (Wildman–Crippen MR) is 125 cm³/mol. The predicted octanol–water partition coefficient (Wildman–Crippen LogP) is 7.96. The summed E-state index contributed by atoms with van der Waals surface area (Å²) in [5.74, 6) is 0.898. The first-order chi connectivity index (χ1) is 13.6. The molecule has 0 N–H and O–H groups in total. The largest absolute Gasteiger partial charge is 0.256 e. The molecule has 0 fully saturated rings. The van der Waals surface area contributed by atoms with Gasteiger partial charge in [0.15, 0.2) is 0 Å². The monoisotopic (exact) mass is 371 g/mol. The SMILES string of the molecule is C=Cc1c(/C=C\C)ccnc1C1=CC2=C(C=C=CC=C2)CC1.CCCC(C)C. The molecule has 1 aromatic rings. The maximum absolute atomic E-state index is 4.62. The molecular weight excluding hydrogens is 338 g/mol. The van der Waals surface area contributed by atoms with Gasteiger partial charge >= 0.3 is 0 Å². The lowest BCUT2D eigenvalue weighted by Crippen LogP contribution is -2.01. The smallest absolute Gasteiger partial charge is 0.0740 e. The van der Waals surface area contributed by atoms with E-state index >= 15 is 0 Å². The molecular formula is C27H33N. The molecule has 2 aliphatic rings. The second kappa shape index (κ2) is 11.3. The number of aromatic nitrogens is 1. The van der Waals surface area contributed by atoms with Crippen LogP contribution in [0.4, 0.5) is 0 Å². The molecule has 0 aromatic carbocycles. The summed E-state index contributed by atoms with van der Waals surface area (Å²) in [4.78, 5) is 4.62. The standard InChI is InChI=1S/C21H19N.C6H14/c1-3-8-17-13-14-22-21(20(17)4-2)19-12-11-16-9-6-5-7-10-18(16)15-19;1-4-5-6(2)3/h3-5,7-10,13-15H,2,11-12H2,1H3;6H,4-5H2,1-3H3/b8-3-;. The van der Waals surface area contributed by atoms with E-state index in [0.717, 1.165) is 30.0 Å². The fraction of sp³-hybridized carbons (Fsp3) is 0.333. The number of pyridine rings is 1. The summed E-state index contributed by atoms with van der Waals surface area (Å²) in [5.41, 5.74) is 10.4. The van der Waals surface area contributed by atoms with Gasteiger partial charge in [-0.15, -0.1) is 5.73 Å². The fourth-order valence-corrected chi connectivity index (χ4v) is 3.48. The van der Waals surface area contributed by atoms with Gasteiger partial charge in [-0.25, -0.2) is 0 Å². The lowest BCUT2D eigenvalue weighted by atomic mass is 9.88. The highest BCUT2D eigenvalue weighted by atomic mass is 14.7. The van der Waals surface area contributed by atoms with Crippen LogP contribution in [0.2, 0.25) is 0 Å². The molecule has 0 amide bonds. The van der Waals surface area contributed by atoms with Crippen LogP contribution in [0.15, 0.2) is 72.2 Å². The van der Waals surface area contributed by atoms with Gasteiger partial charge in [-0.1, -0.05) is 70.6 Å². The van der Waals surface area contributed by atoms with Crippen molar-refractivity contribution in [3.05, 3.63) is 89.0 Å². The van der Waals surface area contributed by atoms with Crippen LogP contribution in [0.3, 0.4) is 0 Å². The quantitative estimate of drug-likeness (QED) is 0.478. The van der Waals surface area contributed by atoms with E-state index in [1.165, 1.54) is 35.1 Å². The molecule has 0 atom stereocenters. The molecule has 28 heavy (non-hydrogen) atoms. The molecule has 0 unspecified atom stereocenters. The van der Waals surface area contributed by atoms with E-state index in [9.17, 15) is 0 Å². The van der Waals surface area contributed by atoms with Crippen molar-refractivity contribution in [1.82, 2.24) is 4.98 Å². The molecule has 3 rings (SSSR count). The molecule has 0 saturated carbocycles. The third-order valence-corrected chi connectivity index (χ3v) is 4.83. The van der Waals surface area contributed by atoms with Crippen LogP contribution in [-0.4, -0.2) is 4.98 Å². The van der Waals surface area contributed by atoms with Gasteiger partial charge in [-0.05, 0) is 72.3 Å². The molecule has 146 valence electrons. The Labute approximate surface area is 171 Å². The van der Waals surface area contributed by atoms with Gasteiger partial charge in [0.1, 0.15) is 0 Å². The Bertz CT molecular complexity index is 866. The van der Waals surface area contributed by atoms with Gasteiger partial charge in [-0.2, -0.15) is 0 Å². The summed E-state index contributed by atoms with van der Waals surface area (Å²) < 4.78 is 0. The highest BCUT2D eigenvalue weighted by Gasteiger charge is 2.16. The fourth-order valence-electron chi connectivity index (χ4n) is 3.48. The van der Waals surface area contributed by atoms with Crippen molar-refractivity contribution in [2.24, 2.45) is 5.92 Å². The number of hydrogen-bond donors (Lipinski definition) is 0. The summed E-state index contributed by atoms with van der Waals surface area (Å²) >= 11 is 0. The van der Waals surface area contributed by atoms with Crippen molar-refractivity contribution in [1.29, 1.82) is 0 Å². The van der Waals surface area contributed by atoms with Crippen molar-refractivity contribution in [2.45, 2.75) is 53.4 Å². The zero-order valence-electron chi connectivity index (χ0n) is 17.8. The average molecular weight is 372 g/mol. The van der Waals surface area contributed by atoms with Gasteiger partial charge in [0.05, 0.1) is 5.69 Å². The molecule has 0 aliphatic heterocycles. The van der Waals surface area contributed by atoms with E-state index in [1.54, 1.807) is 0 Å². The Morgan fingerprint density at radius 1 is 1.29 bits per heavy atom. The molecule has 0 bridgehead atoms. The summed E-state index contributed by atoms with van der Waals surface area (Å²) in [6, 6.07) is 2.03. The first-order valence-electron chi connectivity index (χ1n) is 10.4. The Morgan fingerprint density at radius 2 is 2.11 bits per heavy atom. The Balaban J connectivity index is 0.000000409. The Kier molecular flexibility index (Phi) is 8.72. The third kappa shape index (κ3) is 5.94. The van der Waals surface area contributed by atoms with Crippen molar-refractivity contribution in [3.63, 3.8) is 0 Å². The Morgan fingerprint density at radius 3 is 2.75 bits per heavy atom. The minimum atomic E-state index is 0.898. The Hall–Kier alpha value is -2.63. The van der Waals surface area contributed by atoms with Gasteiger partial charge < -0.3 is 0 Å². The van der Waals surface area contributed by atoms with Crippen LogP contribution in [0, 0.1) is 5.92 Å². The van der Waals surface area contributed by atoms with Crippen LogP contribution in [0.5, 0.6) is 0 Å². The molecule has 1 nitrogen and oxygen atoms in total. The first-order valence-corrected chi connectivity index (χ1v) is 10.4. The molecule has 0 spiro atoms. The van der Waals surface area contributed by atoms with Crippen molar-refractivity contribution in [2.75, 3.05) is 0 Å². The topological polar surface area (TPSA) is 12.9 Å². The normalized spacial score (nSPS) is 15.2. The number of nitrogens with zero attached hydrogens (tertiary/aromatic N) is 1. The molecule has 1 aromatic heterocycles. The maximum atomic E-state index is 4.62. The number of hydrogen-bond acceptors (Lipinski definition) is 1. The molecule has 0 radical (unpaired) electrons. The van der Waals surface area contributed by atoms with E-state index in [1.807, 2.05) is 43.5 Å². The van der Waals surface area contributed by atoms with Crippen LogP contribution in [0.25, 0.3) is 17.7 Å².